The van der Waals surface area contributed by atoms with Crippen molar-refractivity contribution in [1.82, 2.24) is 15.6 Å². The molecule has 0 saturated carbocycles. The van der Waals surface area contributed by atoms with Gasteiger partial charge in [0.2, 0.25) is 5.91 Å². The molecule has 2 atom stereocenters. The van der Waals surface area contributed by atoms with Gasteiger partial charge in [0.1, 0.15) is 5.51 Å². The number of hydrazine groups is 1. The van der Waals surface area contributed by atoms with Crippen molar-refractivity contribution in [2.75, 3.05) is 0 Å². The summed E-state index contributed by atoms with van der Waals surface area (Å²) >= 11 is 3.00. The standard InChI is InChI=1S/C7H12N4OS2/c1-4(6(12)10-8)5(2)14-7-11-9-3-13-7/h3-5H,8H2,1-2H3,(H,10,12). The third-order valence-corrected chi connectivity index (χ3v) is 4.01. The molecular weight excluding hydrogens is 220 g/mol. The van der Waals surface area contributed by atoms with Crippen molar-refractivity contribution in [2.24, 2.45) is 11.8 Å². The zero-order valence-electron chi connectivity index (χ0n) is 7.93. The lowest BCUT2D eigenvalue weighted by Gasteiger charge is -2.15. The van der Waals surface area contributed by atoms with E-state index in [-0.39, 0.29) is 17.1 Å². The number of nitrogens with two attached hydrogens (primary N) is 1. The van der Waals surface area contributed by atoms with E-state index < -0.39 is 0 Å². The van der Waals surface area contributed by atoms with E-state index in [1.165, 1.54) is 23.1 Å². The summed E-state index contributed by atoms with van der Waals surface area (Å²) in [6.45, 7) is 3.80. The van der Waals surface area contributed by atoms with Crippen LogP contribution in [0.5, 0.6) is 0 Å². The van der Waals surface area contributed by atoms with Crippen LogP contribution in [0.15, 0.2) is 9.85 Å². The third-order valence-electron chi connectivity index (χ3n) is 1.89. The van der Waals surface area contributed by atoms with E-state index in [1.54, 1.807) is 5.51 Å². The van der Waals surface area contributed by atoms with Crippen LogP contribution in [0.25, 0.3) is 0 Å². The number of aromatic nitrogens is 2. The van der Waals surface area contributed by atoms with Crippen LogP contribution in [0.3, 0.4) is 0 Å². The highest BCUT2D eigenvalue weighted by molar-refractivity contribution is 8.01. The fourth-order valence-electron chi connectivity index (χ4n) is 0.820. The first kappa shape index (κ1) is 11.4. The largest absolute Gasteiger partial charge is 0.294 e. The van der Waals surface area contributed by atoms with Gasteiger partial charge in [-0.2, -0.15) is 0 Å². The smallest absolute Gasteiger partial charge is 0.237 e. The summed E-state index contributed by atoms with van der Waals surface area (Å²) in [6.07, 6.45) is 0. The molecule has 0 bridgehead atoms. The maximum absolute atomic E-state index is 11.2. The Bertz CT molecular complexity index is 290. The van der Waals surface area contributed by atoms with Crippen molar-refractivity contribution in [3.05, 3.63) is 5.51 Å². The molecule has 0 aliphatic carbocycles. The molecule has 0 aliphatic rings. The number of nitrogens with zero attached hydrogens (tertiary/aromatic N) is 2. The van der Waals surface area contributed by atoms with Gasteiger partial charge in [0.25, 0.3) is 0 Å². The average molecular weight is 232 g/mol. The zero-order valence-corrected chi connectivity index (χ0v) is 9.56. The first-order chi connectivity index (χ1) is 6.65. The van der Waals surface area contributed by atoms with Gasteiger partial charge >= 0.3 is 0 Å². The highest BCUT2D eigenvalue weighted by Gasteiger charge is 2.21. The number of rotatable bonds is 4. The summed E-state index contributed by atoms with van der Waals surface area (Å²) in [5.74, 6) is 4.75. The van der Waals surface area contributed by atoms with Crippen molar-refractivity contribution < 1.29 is 4.79 Å². The minimum Gasteiger partial charge on any atom is -0.294 e. The molecule has 0 saturated heterocycles. The molecule has 0 aromatic carbocycles. The average Bonchev–Trinajstić information content (AvgIpc) is 2.68. The van der Waals surface area contributed by atoms with E-state index >= 15 is 0 Å². The quantitative estimate of drug-likeness (QED) is 0.345. The molecule has 0 spiro atoms. The fraction of sp³-hybridized carbons (Fsp3) is 0.571. The van der Waals surface area contributed by atoms with Crippen molar-refractivity contribution in [1.29, 1.82) is 0 Å². The van der Waals surface area contributed by atoms with Crippen LogP contribution in [0.2, 0.25) is 0 Å². The van der Waals surface area contributed by atoms with Gasteiger partial charge in [-0.15, -0.1) is 10.2 Å². The van der Waals surface area contributed by atoms with E-state index in [4.69, 9.17) is 5.84 Å². The molecule has 2 unspecified atom stereocenters. The van der Waals surface area contributed by atoms with Crippen molar-refractivity contribution in [2.45, 2.75) is 23.4 Å². The van der Waals surface area contributed by atoms with Crippen molar-refractivity contribution in [3.63, 3.8) is 0 Å². The Labute approximate surface area is 90.4 Å². The lowest BCUT2D eigenvalue weighted by molar-refractivity contribution is -0.124. The number of thioether (sulfide) groups is 1. The Hall–Kier alpha value is -0.660. The number of amides is 1. The van der Waals surface area contributed by atoms with Crippen LogP contribution in [0.1, 0.15) is 13.8 Å². The molecule has 7 heteroatoms. The predicted octanol–water partition coefficient (Wildman–Crippen LogP) is 0.645. The Morgan fingerprint density at radius 1 is 1.71 bits per heavy atom. The van der Waals surface area contributed by atoms with Gasteiger partial charge < -0.3 is 0 Å². The summed E-state index contributed by atoms with van der Waals surface area (Å²) in [6, 6.07) is 0. The fourth-order valence-corrected chi connectivity index (χ4v) is 2.65. The lowest BCUT2D eigenvalue weighted by Crippen LogP contribution is -2.38. The Morgan fingerprint density at radius 2 is 2.43 bits per heavy atom. The molecule has 1 rings (SSSR count). The van der Waals surface area contributed by atoms with Crippen molar-refractivity contribution in [3.8, 4) is 0 Å². The van der Waals surface area contributed by atoms with Gasteiger partial charge in [-0.3, -0.25) is 10.2 Å². The maximum atomic E-state index is 11.2. The monoisotopic (exact) mass is 232 g/mol. The summed E-state index contributed by atoms with van der Waals surface area (Å²) in [7, 11) is 0. The third kappa shape index (κ3) is 2.93. The summed E-state index contributed by atoms with van der Waals surface area (Å²) in [5, 5.41) is 7.75. The molecule has 0 radical (unpaired) electrons. The highest BCUT2D eigenvalue weighted by atomic mass is 32.2. The predicted molar refractivity (Wildman–Crippen MR) is 56.7 cm³/mol. The van der Waals surface area contributed by atoms with Gasteiger partial charge in [0.15, 0.2) is 4.34 Å². The Balaban J connectivity index is 2.49. The number of hydrogen-bond acceptors (Lipinski definition) is 6. The number of carbonyl (C=O) groups is 1. The number of carbonyl (C=O) groups excluding carboxylic acids is 1. The second-order valence-corrected chi connectivity index (χ2v) is 5.28. The van der Waals surface area contributed by atoms with Crippen LogP contribution in [0, 0.1) is 5.92 Å². The first-order valence-corrected chi connectivity index (χ1v) is 5.84. The number of nitrogens with one attached hydrogen (secondary N) is 1. The van der Waals surface area contributed by atoms with E-state index in [0.717, 1.165) is 4.34 Å². The van der Waals surface area contributed by atoms with E-state index in [0.29, 0.717) is 0 Å². The van der Waals surface area contributed by atoms with Gasteiger partial charge in [-0.05, 0) is 0 Å². The zero-order chi connectivity index (χ0) is 10.6. The van der Waals surface area contributed by atoms with Crippen LogP contribution in [0.4, 0.5) is 0 Å². The Kier molecular flexibility index (Phi) is 4.30. The molecule has 78 valence electrons. The second-order valence-electron chi connectivity index (χ2n) is 2.82. The van der Waals surface area contributed by atoms with Crippen LogP contribution in [-0.4, -0.2) is 21.4 Å². The van der Waals surface area contributed by atoms with Crippen LogP contribution >= 0.6 is 23.1 Å². The van der Waals surface area contributed by atoms with Crippen LogP contribution in [-0.2, 0) is 4.79 Å². The van der Waals surface area contributed by atoms with E-state index in [9.17, 15) is 4.79 Å². The van der Waals surface area contributed by atoms with Crippen LogP contribution < -0.4 is 11.3 Å². The minimum absolute atomic E-state index is 0.131. The molecular formula is C7H12N4OS2. The maximum Gasteiger partial charge on any atom is 0.237 e. The SMILES string of the molecule is CC(Sc1nncs1)C(C)C(=O)NN. The second kappa shape index (κ2) is 5.28. The molecule has 1 amide bonds. The van der Waals surface area contributed by atoms with E-state index in [1.807, 2.05) is 13.8 Å². The lowest BCUT2D eigenvalue weighted by atomic mass is 10.1. The Morgan fingerprint density at radius 3 is 2.93 bits per heavy atom. The number of hydrogen-bond donors (Lipinski definition) is 2. The molecule has 1 aromatic heterocycles. The van der Waals surface area contributed by atoms with E-state index in [2.05, 4.69) is 15.6 Å². The first-order valence-electron chi connectivity index (χ1n) is 4.08. The topological polar surface area (TPSA) is 80.9 Å². The highest BCUT2D eigenvalue weighted by Crippen LogP contribution is 2.28. The minimum atomic E-state index is -0.158. The summed E-state index contributed by atoms with van der Waals surface area (Å²) < 4.78 is 0.870. The molecule has 14 heavy (non-hydrogen) atoms. The van der Waals surface area contributed by atoms with Crippen molar-refractivity contribution >= 4 is 29.0 Å². The molecule has 0 aliphatic heterocycles. The molecule has 1 heterocycles. The van der Waals surface area contributed by atoms with Gasteiger partial charge in [-0.1, -0.05) is 36.9 Å². The summed E-state index contributed by atoms with van der Waals surface area (Å²) in [5.41, 5.74) is 3.81. The normalized spacial score (nSPS) is 14.8. The van der Waals surface area contributed by atoms with Gasteiger partial charge in [-0.25, -0.2) is 5.84 Å². The molecule has 5 nitrogen and oxygen atoms in total. The molecule has 0 fully saturated rings. The van der Waals surface area contributed by atoms with Gasteiger partial charge in [0.05, 0.1) is 0 Å². The van der Waals surface area contributed by atoms with Gasteiger partial charge in [0, 0.05) is 11.2 Å². The molecule has 1 aromatic rings. The molecule has 3 N–H and O–H groups in total. The summed E-state index contributed by atoms with van der Waals surface area (Å²) in [4.78, 5) is 11.2.